The Balaban J connectivity index is 4.52. The van der Waals surface area contributed by atoms with Crippen molar-refractivity contribution in [3.8, 4) is 0 Å². The largest absolute Gasteiger partial charge is 0.756 e. The van der Waals surface area contributed by atoms with Gasteiger partial charge in [-0.15, -0.1) is 0 Å². The first-order valence-corrected chi connectivity index (χ1v) is 23.3. The second-order valence-corrected chi connectivity index (χ2v) is 17.4. The Labute approximate surface area is 327 Å². The molecule has 0 aliphatic rings. The van der Waals surface area contributed by atoms with E-state index in [0.717, 1.165) is 44.9 Å². The second-order valence-electron chi connectivity index (χ2n) is 16.0. The minimum absolute atomic E-state index is 0.00799. The molecule has 0 aliphatic heterocycles. The maximum atomic E-state index is 12.8. The van der Waals surface area contributed by atoms with E-state index in [0.29, 0.717) is 17.4 Å². The maximum absolute atomic E-state index is 12.8. The molecule has 3 atom stereocenters. The summed E-state index contributed by atoms with van der Waals surface area (Å²) < 4.78 is 23.1. The molecule has 9 heteroatoms. The van der Waals surface area contributed by atoms with Gasteiger partial charge in [0.15, 0.2) is 0 Å². The van der Waals surface area contributed by atoms with E-state index in [-0.39, 0.29) is 12.5 Å². The predicted octanol–water partition coefficient (Wildman–Crippen LogP) is 11.3. The van der Waals surface area contributed by atoms with Gasteiger partial charge in [0.25, 0.3) is 7.82 Å². The Morgan fingerprint density at radius 1 is 0.642 bits per heavy atom. The lowest BCUT2D eigenvalue weighted by Crippen LogP contribution is -2.45. The van der Waals surface area contributed by atoms with Crippen LogP contribution in [-0.4, -0.2) is 68.5 Å². The molecule has 0 aromatic carbocycles. The zero-order valence-electron chi connectivity index (χ0n) is 35.2. The van der Waals surface area contributed by atoms with E-state index >= 15 is 0 Å². The van der Waals surface area contributed by atoms with Crippen molar-refractivity contribution in [1.29, 1.82) is 0 Å². The van der Waals surface area contributed by atoms with Crippen LogP contribution in [0.15, 0.2) is 36.5 Å². The molecule has 0 aromatic rings. The molecule has 0 heterocycles. The molecule has 0 bridgehead atoms. The molecule has 3 unspecified atom stereocenters. The summed E-state index contributed by atoms with van der Waals surface area (Å²) in [5.74, 6) is -0.212. The lowest BCUT2D eigenvalue weighted by Gasteiger charge is -2.29. The molecule has 2 N–H and O–H groups in total. The monoisotopic (exact) mass is 769 g/mol. The SMILES string of the molecule is CCCCCCCCC/C=C/CC/C=C/CC/C=C/C(O)C(COP(=O)([O-])OCC[N+](C)(C)C)NC(=O)CCCCCCCCCCCCCCCC. The minimum atomic E-state index is -4.59. The van der Waals surface area contributed by atoms with Crippen molar-refractivity contribution >= 4 is 13.7 Å². The number of carbonyl (C=O) groups excluding carboxylic acids is 1. The van der Waals surface area contributed by atoms with Crippen LogP contribution in [0.25, 0.3) is 0 Å². The van der Waals surface area contributed by atoms with Gasteiger partial charge in [0, 0.05) is 6.42 Å². The van der Waals surface area contributed by atoms with E-state index in [1.54, 1.807) is 6.08 Å². The van der Waals surface area contributed by atoms with Crippen molar-refractivity contribution in [3.05, 3.63) is 36.5 Å². The Kier molecular flexibility index (Phi) is 35.5. The molecule has 1 amide bonds. The molecule has 0 aromatic heterocycles. The number of quaternary nitrogens is 1. The van der Waals surface area contributed by atoms with Crippen LogP contribution in [0.3, 0.4) is 0 Å². The first-order valence-electron chi connectivity index (χ1n) is 21.9. The number of phosphoric acid groups is 1. The van der Waals surface area contributed by atoms with Crippen molar-refractivity contribution in [2.45, 2.75) is 199 Å². The lowest BCUT2D eigenvalue weighted by atomic mass is 10.0. The van der Waals surface area contributed by atoms with Gasteiger partial charge in [0.05, 0.1) is 39.9 Å². The van der Waals surface area contributed by atoms with E-state index in [9.17, 15) is 19.4 Å². The number of unbranched alkanes of at least 4 members (excludes halogenated alkanes) is 22. The number of aliphatic hydroxyl groups excluding tert-OH is 1. The summed E-state index contributed by atoms with van der Waals surface area (Å²) in [5.41, 5.74) is 0. The molecule has 0 radical (unpaired) electrons. The minimum Gasteiger partial charge on any atom is -0.756 e. The van der Waals surface area contributed by atoms with Crippen LogP contribution in [0, 0.1) is 0 Å². The van der Waals surface area contributed by atoms with Gasteiger partial charge in [0.2, 0.25) is 5.91 Å². The number of carbonyl (C=O) groups is 1. The first kappa shape index (κ1) is 51.7. The summed E-state index contributed by atoms with van der Waals surface area (Å²) in [6, 6.07) is -0.905. The molecule has 53 heavy (non-hydrogen) atoms. The van der Waals surface area contributed by atoms with Crippen molar-refractivity contribution < 1.29 is 32.9 Å². The summed E-state index contributed by atoms with van der Waals surface area (Å²) >= 11 is 0. The summed E-state index contributed by atoms with van der Waals surface area (Å²) in [4.78, 5) is 25.2. The van der Waals surface area contributed by atoms with Crippen LogP contribution in [0.1, 0.15) is 187 Å². The number of amides is 1. The Morgan fingerprint density at radius 3 is 1.53 bits per heavy atom. The highest BCUT2D eigenvalue weighted by molar-refractivity contribution is 7.45. The smallest absolute Gasteiger partial charge is 0.268 e. The van der Waals surface area contributed by atoms with E-state index in [4.69, 9.17) is 9.05 Å². The average Bonchev–Trinajstić information content (AvgIpc) is 3.10. The quantitative estimate of drug-likeness (QED) is 0.0279. The zero-order valence-corrected chi connectivity index (χ0v) is 36.1. The predicted molar refractivity (Wildman–Crippen MR) is 224 cm³/mol. The third-order valence-corrected chi connectivity index (χ3v) is 10.5. The van der Waals surface area contributed by atoms with Gasteiger partial charge in [-0.1, -0.05) is 172 Å². The summed E-state index contributed by atoms with van der Waals surface area (Å²) in [7, 11) is 1.24. The summed E-state index contributed by atoms with van der Waals surface area (Å²) in [6.07, 6.45) is 43.3. The van der Waals surface area contributed by atoms with Gasteiger partial charge in [-0.3, -0.25) is 9.36 Å². The Morgan fingerprint density at radius 2 is 1.06 bits per heavy atom. The number of hydrogen-bond acceptors (Lipinski definition) is 6. The number of rotatable bonds is 39. The van der Waals surface area contributed by atoms with Gasteiger partial charge in [-0.25, -0.2) is 0 Å². The molecule has 8 nitrogen and oxygen atoms in total. The van der Waals surface area contributed by atoms with E-state index in [1.807, 2.05) is 27.2 Å². The number of nitrogens with one attached hydrogen (secondary N) is 1. The topological polar surface area (TPSA) is 108 Å². The van der Waals surface area contributed by atoms with Crippen molar-refractivity contribution in [3.63, 3.8) is 0 Å². The number of nitrogens with zero attached hydrogens (tertiary/aromatic N) is 1. The summed E-state index contributed by atoms with van der Waals surface area (Å²) in [6.45, 7) is 4.60. The highest BCUT2D eigenvalue weighted by Gasteiger charge is 2.23. The van der Waals surface area contributed by atoms with Crippen LogP contribution in [0.2, 0.25) is 0 Å². The van der Waals surface area contributed by atoms with Gasteiger partial charge in [-0.2, -0.15) is 0 Å². The number of likely N-dealkylation sites (N-methyl/N-ethyl adjacent to an activating group) is 1. The van der Waals surface area contributed by atoms with Gasteiger partial charge < -0.3 is 28.8 Å². The van der Waals surface area contributed by atoms with E-state index in [1.165, 1.54) is 122 Å². The fourth-order valence-corrected chi connectivity index (χ4v) is 6.79. The van der Waals surface area contributed by atoms with Crippen molar-refractivity contribution in [1.82, 2.24) is 5.32 Å². The Hall–Kier alpha value is -1.28. The molecule has 0 saturated heterocycles. The molecule has 0 spiro atoms. The summed E-state index contributed by atoms with van der Waals surface area (Å²) in [5, 5.41) is 13.7. The molecule has 0 fully saturated rings. The molecular weight excluding hydrogens is 683 g/mol. The van der Waals surface area contributed by atoms with E-state index in [2.05, 4.69) is 43.5 Å². The molecule has 0 aliphatic carbocycles. The van der Waals surface area contributed by atoms with E-state index < -0.39 is 26.6 Å². The number of phosphoric ester groups is 1. The standard InChI is InChI=1S/C44H85N2O6P/c1-6-8-10-12-14-16-18-20-22-23-24-25-27-29-31-33-35-37-43(47)42(41-52-53(49,50)51-40-39-46(3,4)5)45-44(48)38-36-34-32-30-28-26-21-19-17-15-13-11-9-7-2/h22-23,27,29,35,37,42-43,47H,6-21,24-26,28,30-34,36,38-41H2,1-5H3,(H-,45,48,49,50)/b23-22+,29-27+,37-35+. The third kappa shape index (κ3) is 38.8. The molecule has 0 rings (SSSR count). The number of hydrogen-bond donors (Lipinski definition) is 2. The lowest BCUT2D eigenvalue weighted by molar-refractivity contribution is -0.870. The van der Waals surface area contributed by atoms with Crippen LogP contribution in [0.5, 0.6) is 0 Å². The van der Waals surface area contributed by atoms with Gasteiger partial charge in [0.1, 0.15) is 13.2 Å². The second kappa shape index (κ2) is 36.4. The highest BCUT2D eigenvalue weighted by atomic mass is 31.2. The van der Waals surface area contributed by atoms with Crippen LogP contribution in [0.4, 0.5) is 0 Å². The van der Waals surface area contributed by atoms with Gasteiger partial charge >= 0.3 is 0 Å². The van der Waals surface area contributed by atoms with Crippen LogP contribution in [-0.2, 0) is 18.4 Å². The normalized spacial score (nSPS) is 14.8. The van der Waals surface area contributed by atoms with Crippen molar-refractivity contribution in [2.24, 2.45) is 0 Å². The number of allylic oxidation sites excluding steroid dienone is 5. The molecule has 312 valence electrons. The fraction of sp³-hybridized carbons (Fsp3) is 0.841. The van der Waals surface area contributed by atoms with Crippen molar-refractivity contribution in [2.75, 3.05) is 40.9 Å². The number of aliphatic hydroxyl groups is 1. The molecule has 0 saturated carbocycles. The highest BCUT2D eigenvalue weighted by Crippen LogP contribution is 2.38. The third-order valence-electron chi connectivity index (χ3n) is 9.58. The van der Waals surface area contributed by atoms with Crippen LogP contribution < -0.4 is 10.2 Å². The van der Waals surface area contributed by atoms with Gasteiger partial charge in [-0.05, 0) is 44.9 Å². The Bertz CT molecular complexity index is 964. The average molecular weight is 769 g/mol. The zero-order chi connectivity index (χ0) is 39.3. The first-order chi connectivity index (χ1) is 25.5. The molecular formula is C44H85N2O6P. The van der Waals surface area contributed by atoms with Crippen LogP contribution >= 0.6 is 7.82 Å². The fourth-order valence-electron chi connectivity index (χ4n) is 6.07. The maximum Gasteiger partial charge on any atom is 0.268 e.